The molecule has 0 saturated carbocycles. The van der Waals surface area contributed by atoms with Gasteiger partial charge in [0.25, 0.3) is 5.91 Å². The average molecular weight is 496 g/mol. The van der Waals surface area contributed by atoms with Crippen molar-refractivity contribution in [2.75, 3.05) is 13.2 Å². The predicted octanol–water partition coefficient (Wildman–Crippen LogP) is 5.04. The zero-order chi connectivity index (χ0) is 22.3. The number of hydrogen-bond acceptors (Lipinski definition) is 3. The normalized spacial score (nSPS) is 11.7. The van der Waals surface area contributed by atoms with Crippen molar-refractivity contribution in [3.05, 3.63) is 62.6 Å². The number of halogens is 2. The third-order valence-corrected chi connectivity index (χ3v) is 6.43. The summed E-state index contributed by atoms with van der Waals surface area (Å²) in [5, 5.41) is 3.37. The summed E-state index contributed by atoms with van der Waals surface area (Å²) in [7, 11) is 0. The first-order chi connectivity index (χ1) is 14.3. The number of ether oxygens (including phenoxy) is 1. The van der Waals surface area contributed by atoms with Crippen molar-refractivity contribution in [2.24, 2.45) is 0 Å². The fourth-order valence-corrected chi connectivity index (χ4v) is 3.66. The Kier molecular flexibility index (Phi) is 9.18. The van der Waals surface area contributed by atoms with Crippen molar-refractivity contribution in [2.45, 2.75) is 46.7 Å². The highest BCUT2D eigenvalue weighted by Crippen LogP contribution is 2.26. The molecule has 0 aliphatic rings. The van der Waals surface area contributed by atoms with E-state index in [4.69, 9.17) is 16.3 Å². The van der Waals surface area contributed by atoms with Crippen molar-refractivity contribution >= 4 is 39.3 Å². The summed E-state index contributed by atoms with van der Waals surface area (Å²) >= 11 is 9.84. The molecule has 162 valence electrons. The van der Waals surface area contributed by atoms with Gasteiger partial charge < -0.3 is 15.0 Å². The Morgan fingerprint density at radius 3 is 2.37 bits per heavy atom. The molecule has 30 heavy (non-hydrogen) atoms. The Morgan fingerprint density at radius 2 is 1.80 bits per heavy atom. The summed E-state index contributed by atoms with van der Waals surface area (Å²) in [5.74, 6) is 0.160. The number of amides is 2. The Labute approximate surface area is 191 Å². The quantitative estimate of drug-likeness (QED) is 0.530. The number of carbonyl (C=O) groups excluding carboxylic acids is 2. The van der Waals surface area contributed by atoms with E-state index in [0.29, 0.717) is 23.7 Å². The topological polar surface area (TPSA) is 58.6 Å². The van der Waals surface area contributed by atoms with Gasteiger partial charge in [-0.15, -0.1) is 0 Å². The van der Waals surface area contributed by atoms with E-state index < -0.39 is 6.04 Å². The molecule has 2 aromatic rings. The minimum Gasteiger partial charge on any atom is -0.484 e. The highest BCUT2D eigenvalue weighted by Gasteiger charge is 2.29. The lowest BCUT2D eigenvalue weighted by molar-refractivity contribution is -0.142. The molecule has 0 heterocycles. The van der Waals surface area contributed by atoms with E-state index in [0.717, 1.165) is 21.2 Å². The molecular formula is C23H28BrClN2O3. The first-order valence-electron chi connectivity index (χ1n) is 9.98. The van der Waals surface area contributed by atoms with Gasteiger partial charge in [0.15, 0.2) is 6.61 Å². The minimum absolute atomic E-state index is 0.166. The van der Waals surface area contributed by atoms with E-state index in [2.05, 4.69) is 21.2 Å². The maximum absolute atomic E-state index is 13.1. The van der Waals surface area contributed by atoms with Crippen LogP contribution in [0.3, 0.4) is 0 Å². The fraction of sp³-hybridized carbons (Fsp3) is 0.391. The lowest BCUT2D eigenvalue weighted by Gasteiger charge is -2.30. The average Bonchev–Trinajstić information content (AvgIpc) is 2.71. The Balaban J connectivity index is 2.24. The van der Waals surface area contributed by atoms with E-state index in [1.807, 2.05) is 58.0 Å². The van der Waals surface area contributed by atoms with Crippen LogP contribution in [-0.4, -0.2) is 35.9 Å². The molecule has 0 spiro atoms. The molecule has 1 unspecified atom stereocenters. The second-order valence-electron chi connectivity index (χ2n) is 7.09. The van der Waals surface area contributed by atoms with Crippen LogP contribution in [0.5, 0.6) is 5.75 Å². The lowest BCUT2D eigenvalue weighted by atomic mass is 10.1. The van der Waals surface area contributed by atoms with Crippen LogP contribution < -0.4 is 10.1 Å². The van der Waals surface area contributed by atoms with Crippen molar-refractivity contribution in [1.82, 2.24) is 10.2 Å². The number of benzene rings is 2. The van der Waals surface area contributed by atoms with Crippen LogP contribution in [-0.2, 0) is 16.1 Å². The summed E-state index contributed by atoms with van der Waals surface area (Å²) in [6.45, 7) is 8.24. The van der Waals surface area contributed by atoms with Gasteiger partial charge in [-0.3, -0.25) is 9.59 Å². The molecule has 0 aliphatic carbocycles. The summed E-state index contributed by atoms with van der Waals surface area (Å²) in [4.78, 5) is 27.3. The zero-order valence-corrected chi connectivity index (χ0v) is 20.1. The summed E-state index contributed by atoms with van der Waals surface area (Å²) in [6, 6.07) is 10.5. The van der Waals surface area contributed by atoms with E-state index >= 15 is 0 Å². The van der Waals surface area contributed by atoms with Gasteiger partial charge in [-0.25, -0.2) is 0 Å². The molecule has 7 heteroatoms. The second-order valence-corrected chi connectivity index (χ2v) is 8.29. The Hall–Kier alpha value is -2.05. The maximum Gasteiger partial charge on any atom is 0.261 e. The van der Waals surface area contributed by atoms with Gasteiger partial charge in [-0.2, -0.15) is 0 Å². The van der Waals surface area contributed by atoms with Gasteiger partial charge in [0.05, 0.1) is 0 Å². The maximum atomic E-state index is 13.1. The number of carbonyl (C=O) groups is 2. The summed E-state index contributed by atoms with van der Waals surface area (Å²) in [5.41, 5.74) is 2.84. The van der Waals surface area contributed by atoms with Crippen LogP contribution in [0.2, 0.25) is 5.02 Å². The molecule has 0 radical (unpaired) electrons. The van der Waals surface area contributed by atoms with Gasteiger partial charge >= 0.3 is 0 Å². The molecule has 5 nitrogen and oxygen atoms in total. The van der Waals surface area contributed by atoms with Crippen LogP contribution in [0.15, 0.2) is 40.9 Å². The van der Waals surface area contributed by atoms with Crippen molar-refractivity contribution in [3.63, 3.8) is 0 Å². The Morgan fingerprint density at radius 1 is 1.17 bits per heavy atom. The summed E-state index contributed by atoms with van der Waals surface area (Å²) < 4.78 is 6.81. The lowest BCUT2D eigenvalue weighted by Crippen LogP contribution is -2.50. The largest absolute Gasteiger partial charge is 0.484 e. The third-order valence-electron chi connectivity index (χ3n) is 4.81. The number of hydrogen-bond donors (Lipinski definition) is 1. The molecule has 2 rings (SSSR count). The van der Waals surface area contributed by atoms with E-state index in [1.165, 1.54) is 0 Å². The molecule has 1 atom stereocenters. The highest BCUT2D eigenvalue weighted by molar-refractivity contribution is 9.10. The van der Waals surface area contributed by atoms with Crippen molar-refractivity contribution in [1.29, 1.82) is 0 Å². The Bertz CT molecular complexity index is 881. The number of likely N-dealkylation sites (N-methyl/N-ethyl adjacent to an activating group) is 1. The van der Waals surface area contributed by atoms with Crippen molar-refractivity contribution in [3.8, 4) is 5.75 Å². The molecule has 2 amide bonds. The van der Waals surface area contributed by atoms with E-state index in [9.17, 15) is 9.59 Å². The standard InChI is InChI=1S/C23H28BrClN2O3/c1-5-20(23(29)26-6-2)27(13-17-9-7-8-10-19(17)25)21(28)14-30-18-11-15(3)22(24)16(4)12-18/h7-12,20H,5-6,13-14H2,1-4H3,(H,26,29). The van der Waals surface area contributed by atoms with Crippen LogP contribution in [0.4, 0.5) is 0 Å². The zero-order valence-electron chi connectivity index (χ0n) is 17.8. The molecular weight excluding hydrogens is 468 g/mol. The fourth-order valence-electron chi connectivity index (χ4n) is 3.24. The molecule has 0 bridgehead atoms. The van der Waals surface area contributed by atoms with Crippen molar-refractivity contribution < 1.29 is 14.3 Å². The monoisotopic (exact) mass is 494 g/mol. The van der Waals surface area contributed by atoms with Gasteiger partial charge in [-0.05, 0) is 62.1 Å². The number of aryl methyl sites for hydroxylation is 2. The smallest absolute Gasteiger partial charge is 0.261 e. The molecule has 1 N–H and O–H groups in total. The molecule has 0 saturated heterocycles. The highest BCUT2D eigenvalue weighted by atomic mass is 79.9. The molecule has 2 aromatic carbocycles. The predicted molar refractivity (Wildman–Crippen MR) is 124 cm³/mol. The van der Waals surface area contributed by atoms with Gasteiger partial charge in [0, 0.05) is 22.6 Å². The van der Waals surface area contributed by atoms with Gasteiger partial charge in [-0.1, -0.05) is 52.7 Å². The van der Waals surface area contributed by atoms with Gasteiger partial charge in [0.2, 0.25) is 5.91 Å². The number of nitrogens with zero attached hydrogens (tertiary/aromatic N) is 1. The molecule has 0 aromatic heterocycles. The molecule has 0 aliphatic heterocycles. The first-order valence-corrected chi connectivity index (χ1v) is 11.2. The minimum atomic E-state index is -0.606. The summed E-state index contributed by atoms with van der Waals surface area (Å²) in [6.07, 6.45) is 0.485. The van der Waals surface area contributed by atoms with E-state index in [1.54, 1.807) is 11.0 Å². The number of rotatable bonds is 9. The van der Waals surface area contributed by atoms with E-state index in [-0.39, 0.29) is 25.0 Å². The third kappa shape index (κ3) is 6.22. The van der Waals surface area contributed by atoms with Crippen LogP contribution in [0.25, 0.3) is 0 Å². The molecule has 0 fully saturated rings. The second kappa shape index (κ2) is 11.4. The van der Waals surface area contributed by atoms with Gasteiger partial charge in [0.1, 0.15) is 11.8 Å². The van der Waals surface area contributed by atoms with Crippen LogP contribution in [0.1, 0.15) is 37.0 Å². The SMILES string of the molecule is CCNC(=O)C(CC)N(Cc1ccccc1Cl)C(=O)COc1cc(C)c(Br)c(C)c1. The first kappa shape index (κ1) is 24.2. The van der Waals surface area contributed by atoms with Crippen LogP contribution >= 0.6 is 27.5 Å². The van der Waals surface area contributed by atoms with Crippen LogP contribution in [0, 0.1) is 13.8 Å². The number of nitrogens with one attached hydrogen (secondary N) is 1.